The fourth-order valence-corrected chi connectivity index (χ4v) is 3.92. The van der Waals surface area contributed by atoms with Crippen LogP contribution in [-0.4, -0.2) is 40.9 Å². The summed E-state index contributed by atoms with van der Waals surface area (Å²) in [6.45, 7) is 1.97. The number of para-hydroxylation sites is 1. The zero-order valence-corrected chi connectivity index (χ0v) is 15.0. The molecule has 0 saturated carbocycles. The Bertz CT molecular complexity index is 765. The van der Waals surface area contributed by atoms with E-state index in [0.717, 1.165) is 31.6 Å². The van der Waals surface area contributed by atoms with Crippen LogP contribution in [0, 0.1) is 0 Å². The molecule has 0 spiro atoms. The van der Waals surface area contributed by atoms with Crippen molar-refractivity contribution >= 4 is 21.2 Å². The molecule has 0 aliphatic carbocycles. The minimum atomic E-state index is -3.13. The maximum Gasteiger partial charge on any atom is 0.175 e. The summed E-state index contributed by atoms with van der Waals surface area (Å²) >= 11 is 0. The van der Waals surface area contributed by atoms with E-state index in [1.807, 2.05) is 18.2 Å². The minimum Gasteiger partial charge on any atom is -0.371 e. The fraction of sp³-hybridized carbons (Fsp3) is 0.368. The topological polar surface area (TPSA) is 40.6 Å². The van der Waals surface area contributed by atoms with E-state index in [2.05, 4.69) is 41.1 Å². The minimum absolute atomic E-state index is 0.380. The van der Waals surface area contributed by atoms with Gasteiger partial charge in [-0.15, -0.1) is 0 Å². The Morgan fingerprint density at radius 3 is 2.08 bits per heavy atom. The average Bonchev–Trinajstić information content (AvgIpc) is 2.61. The van der Waals surface area contributed by atoms with Crippen LogP contribution in [0.2, 0.25) is 0 Å². The monoisotopic (exact) mass is 344 g/mol. The maximum atomic E-state index is 11.6. The lowest BCUT2D eigenvalue weighted by molar-refractivity contribution is 0.482. The van der Waals surface area contributed by atoms with Crippen LogP contribution in [0.1, 0.15) is 12.8 Å². The van der Waals surface area contributed by atoms with Crippen LogP contribution in [-0.2, 0) is 9.84 Å². The Morgan fingerprint density at radius 1 is 0.958 bits per heavy atom. The SMILES string of the molecule is CN(c1ccccc1)C1CCN(c2ccc(S(C)(=O)=O)cc2)CC1. The third-order valence-electron chi connectivity index (χ3n) is 4.81. The first-order valence-corrected chi connectivity index (χ1v) is 10.2. The predicted molar refractivity (Wildman–Crippen MR) is 99.6 cm³/mol. The van der Waals surface area contributed by atoms with Crippen LogP contribution in [0.3, 0.4) is 0 Å². The van der Waals surface area contributed by atoms with Crippen molar-refractivity contribution in [3.8, 4) is 0 Å². The molecule has 24 heavy (non-hydrogen) atoms. The number of anilines is 2. The molecule has 2 aromatic carbocycles. The smallest absolute Gasteiger partial charge is 0.175 e. The van der Waals surface area contributed by atoms with Gasteiger partial charge >= 0.3 is 0 Å². The Morgan fingerprint density at radius 2 is 1.54 bits per heavy atom. The number of sulfone groups is 1. The van der Waals surface area contributed by atoms with Crippen molar-refractivity contribution in [2.24, 2.45) is 0 Å². The second-order valence-electron chi connectivity index (χ2n) is 6.43. The average molecular weight is 344 g/mol. The fourth-order valence-electron chi connectivity index (χ4n) is 3.29. The van der Waals surface area contributed by atoms with Crippen molar-refractivity contribution in [1.29, 1.82) is 0 Å². The third kappa shape index (κ3) is 3.73. The summed E-state index contributed by atoms with van der Waals surface area (Å²) in [5, 5.41) is 0. The van der Waals surface area contributed by atoms with Crippen LogP contribution >= 0.6 is 0 Å². The highest BCUT2D eigenvalue weighted by Gasteiger charge is 2.23. The Kier molecular flexibility index (Phi) is 4.81. The zero-order valence-electron chi connectivity index (χ0n) is 14.2. The highest BCUT2D eigenvalue weighted by atomic mass is 32.2. The van der Waals surface area contributed by atoms with Gasteiger partial charge in [-0.05, 0) is 49.2 Å². The standard InChI is InChI=1S/C19H24N2O2S/c1-20(16-6-4-3-5-7-16)17-12-14-21(15-13-17)18-8-10-19(11-9-18)24(2,22)23/h3-11,17H,12-15H2,1-2H3. The number of nitrogens with zero attached hydrogens (tertiary/aromatic N) is 2. The molecule has 3 rings (SSSR count). The van der Waals surface area contributed by atoms with E-state index in [4.69, 9.17) is 0 Å². The molecule has 1 aliphatic heterocycles. The normalized spacial score (nSPS) is 16.2. The molecule has 0 unspecified atom stereocenters. The lowest BCUT2D eigenvalue weighted by Gasteiger charge is -2.39. The largest absolute Gasteiger partial charge is 0.371 e. The van der Waals surface area contributed by atoms with Gasteiger partial charge in [0.25, 0.3) is 0 Å². The Hall–Kier alpha value is -2.01. The molecule has 4 nitrogen and oxygen atoms in total. The number of rotatable bonds is 4. The predicted octanol–water partition coefficient (Wildman–Crippen LogP) is 3.20. The van der Waals surface area contributed by atoms with E-state index in [9.17, 15) is 8.42 Å². The van der Waals surface area contributed by atoms with Crippen LogP contribution < -0.4 is 9.80 Å². The van der Waals surface area contributed by atoms with Gasteiger partial charge in [-0.3, -0.25) is 0 Å². The van der Waals surface area contributed by atoms with Gasteiger partial charge in [-0.1, -0.05) is 18.2 Å². The summed E-state index contributed by atoms with van der Waals surface area (Å²) in [5.41, 5.74) is 2.36. The van der Waals surface area contributed by atoms with Gasteiger partial charge in [0.15, 0.2) is 9.84 Å². The lowest BCUT2D eigenvalue weighted by Crippen LogP contribution is -2.43. The summed E-state index contributed by atoms with van der Waals surface area (Å²) < 4.78 is 23.1. The highest BCUT2D eigenvalue weighted by molar-refractivity contribution is 7.90. The molecule has 1 aliphatic rings. The van der Waals surface area contributed by atoms with Crippen molar-refractivity contribution in [3.63, 3.8) is 0 Å². The molecular formula is C19H24N2O2S. The first-order chi connectivity index (χ1) is 11.4. The first kappa shape index (κ1) is 16.8. The summed E-state index contributed by atoms with van der Waals surface area (Å²) in [6, 6.07) is 18.3. The summed E-state index contributed by atoms with van der Waals surface area (Å²) in [6.07, 6.45) is 3.44. The van der Waals surface area contributed by atoms with E-state index in [1.54, 1.807) is 12.1 Å². The molecule has 1 saturated heterocycles. The first-order valence-electron chi connectivity index (χ1n) is 8.28. The molecule has 0 N–H and O–H groups in total. The number of hydrogen-bond acceptors (Lipinski definition) is 4. The highest BCUT2D eigenvalue weighted by Crippen LogP contribution is 2.26. The second kappa shape index (κ2) is 6.85. The van der Waals surface area contributed by atoms with E-state index in [1.165, 1.54) is 11.9 Å². The molecule has 128 valence electrons. The number of piperidine rings is 1. The number of hydrogen-bond donors (Lipinski definition) is 0. The van der Waals surface area contributed by atoms with Gasteiger partial charge < -0.3 is 9.80 Å². The summed E-state index contributed by atoms with van der Waals surface area (Å²) in [5.74, 6) is 0. The third-order valence-corrected chi connectivity index (χ3v) is 5.93. The summed E-state index contributed by atoms with van der Waals surface area (Å²) in [4.78, 5) is 5.08. The van der Waals surface area contributed by atoms with Gasteiger partial charge in [0, 0.05) is 43.8 Å². The molecule has 1 fully saturated rings. The van der Waals surface area contributed by atoms with Gasteiger partial charge in [-0.2, -0.15) is 0 Å². The van der Waals surface area contributed by atoms with E-state index >= 15 is 0 Å². The zero-order chi connectivity index (χ0) is 17.2. The van der Waals surface area contributed by atoms with E-state index < -0.39 is 9.84 Å². The molecule has 0 bridgehead atoms. The lowest BCUT2D eigenvalue weighted by atomic mass is 10.0. The maximum absolute atomic E-state index is 11.6. The molecule has 1 heterocycles. The molecule has 2 aromatic rings. The molecule has 5 heteroatoms. The quantitative estimate of drug-likeness (QED) is 0.854. The molecule has 0 radical (unpaired) electrons. The van der Waals surface area contributed by atoms with Gasteiger partial charge in [0.2, 0.25) is 0 Å². The molecular weight excluding hydrogens is 320 g/mol. The summed E-state index contributed by atoms with van der Waals surface area (Å²) in [7, 11) is -0.963. The Balaban J connectivity index is 1.63. The van der Waals surface area contributed by atoms with Crippen LogP contribution in [0.15, 0.2) is 59.5 Å². The molecule has 0 atom stereocenters. The van der Waals surface area contributed by atoms with Gasteiger partial charge in [-0.25, -0.2) is 8.42 Å². The van der Waals surface area contributed by atoms with Crippen LogP contribution in [0.5, 0.6) is 0 Å². The Labute approximate surface area is 144 Å². The molecule has 0 amide bonds. The van der Waals surface area contributed by atoms with Crippen molar-refractivity contribution in [2.75, 3.05) is 36.2 Å². The van der Waals surface area contributed by atoms with Crippen molar-refractivity contribution < 1.29 is 8.42 Å². The number of benzene rings is 2. The van der Waals surface area contributed by atoms with Crippen molar-refractivity contribution in [1.82, 2.24) is 0 Å². The van der Waals surface area contributed by atoms with Crippen molar-refractivity contribution in [3.05, 3.63) is 54.6 Å². The van der Waals surface area contributed by atoms with Gasteiger partial charge in [0.1, 0.15) is 0 Å². The van der Waals surface area contributed by atoms with Gasteiger partial charge in [0.05, 0.1) is 4.90 Å². The van der Waals surface area contributed by atoms with Crippen molar-refractivity contribution in [2.45, 2.75) is 23.8 Å². The molecule has 0 aromatic heterocycles. The second-order valence-corrected chi connectivity index (χ2v) is 8.45. The van der Waals surface area contributed by atoms with E-state index in [-0.39, 0.29) is 0 Å². The van der Waals surface area contributed by atoms with Crippen LogP contribution in [0.25, 0.3) is 0 Å². The van der Waals surface area contributed by atoms with E-state index in [0.29, 0.717) is 10.9 Å². The van der Waals surface area contributed by atoms with Crippen LogP contribution in [0.4, 0.5) is 11.4 Å².